The van der Waals surface area contributed by atoms with Crippen molar-refractivity contribution in [1.82, 2.24) is 5.32 Å². The molecule has 2 unspecified atom stereocenters. The Kier molecular flexibility index (Phi) is 4.28. The topological polar surface area (TPSA) is 39.1 Å². The Balaban J connectivity index is 1.73. The van der Waals surface area contributed by atoms with Crippen LogP contribution in [0.2, 0.25) is 0 Å². The lowest BCUT2D eigenvalue weighted by atomic mass is 9.89. The molecule has 0 saturated carbocycles. The maximum Gasteiger partial charge on any atom is 0.100 e. The molecule has 3 nitrogen and oxygen atoms in total. The third kappa shape index (κ3) is 2.84. The highest BCUT2D eigenvalue weighted by Gasteiger charge is 2.29. The normalized spacial score (nSPS) is 26.5. The minimum absolute atomic E-state index is 0.708. The summed E-state index contributed by atoms with van der Waals surface area (Å²) in [6.07, 6.45) is 5.26. The molecule has 2 fully saturated rings. The van der Waals surface area contributed by atoms with Crippen LogP contribution >= 0.6 is 15.9 Å². The number of nitrogens with one attached hydrogen (secondary N) is 1. The Labute approximate surface area is 129 Å². The molecule has 2 saturated heterocycles. The Hall–Kier alpha value is -1.05. The van der Waals surface area contributed by atoms with E-state index in [-0.39, 0.29) is 0 Å². The van der Waals surface area contributed by atoms with Gasteiger partial charge in [-0.25, -0.2) is 0 Å². The summed E-state index contributed by atoms with van der Waals surface area (Å²) in [4.78, 5) is 2.47. The van der Waals surface area contributed by atoms with Gasteiger partial charge in [-0.2, -0.15) is 5.26 Å². The van der Waals surface area contributed by atoms with E-state index in [1.807, 2.05) is 6.07 Å². The van der Waals surface area contributed by atoms with Gasteiger partial charge in [-0.3, -0.25) is 0 Å². The molecule has 0 aromatic heterocycles. The van der Waals surface area contributed by atoms with Crippen LogP contribution in [0.15, 0.2) is 22.7 Å². The van der Waals surface area contributed by atoms with Crippen LogP contribution in [0.5, 0.6) is 0 Å². The van der Waals surface area contributed by atoms with Crippen LogP contribution in [0.1, 0.15) is 31.2 Å². The van der Waals surface area contributed by atoms with Crippen LogP contribution in [0.3, 0.4) is 0 Å². The molecule has 0 bridgehead atoms. The predicted octanol–water partition coefficient (Wildman–Crippen LogP) is 3.29. The van der Waals surface area contributed by atoms with Gasteiger partial charge < -0.3 is 10.2 Å². The summed E-state index contributed by atoms with van der Waals surface area (Å²) >= 11 is 3.49. The number of nitrogens with zero attached hydrogens (tertiary/aromatic N) is 2. The quantitative estimate of drug-likeness (QED) is 0.902. The van der Waals surface area contributed by atoms with Crippen molar-refractivity contribution in [2.45, 2.75) is 31.7 Å². The van der Waals surface area contributed by atoms with Gasteiger partial charge in [-0.15, -0.1) is 0 Å². The monoisotopic (exact) mass is 333 g/mol. The van der Waals surface area contributed by atoms with Gasteiger partial charge in [0.2, 0.25) is 0 Å². The fourth-order valence-electron chi connectivity index (χ4n) is 3.48. The molecule has 20 heavy (non-hydrogen) atoms. The summed E-state index contributed by atoms with van der Waals surface area (Å²) < 4.78 is 0.901. The minimum atomic E-state index is 0.708. The molecule has 0 amide bonds. The van der Waals surface area contributed by atoms with Gasteiger partial charge in [0.05, 0.1) is 5.56 Å². The summed E-state index contributed by atoms with van der Waals surface area (Å²) in [5, 5.41) is 12.7. The van der Waals surface area contributed by atoms with E-state index in [4.69, 9.17) is 5.26 Å². The molecule has 0 aliphatic carbocycles. The Bertz CT molecular complexity index is 517. The molecule has 0 radical (unpaired) electrons. The van der Waals surface area contributed by atoms with Crippen molar-refractivity contribution in [3.05, 3.63) is 28.2 Å². The van der Waals surface area contributed by atoms with Gasteiger partial charge >= 0.3 is 0 Å². The van der Waals surface area contributed by atoms with Crippen LogP contribution in [0.25, 0.3) is 0 Å². The molecule has 3 rings (SSSR count). The van der Waals surface area contributed by atoms with Crippen molar-refractivity contribution < 1.29 is 0 Å². The second kappa shape index (κ2) is 6.15. The molecular weight excluding hydrogens is 314 g/mol. The van der Waals surface area contributed by atoms with Gasteiger partial charge in [0.1, 0.15) is 6.07 Å². The van der Waals surface area contributed by atoms with Crippen molar-refractivity contribution in [3.63, 3.8) is 0 Å². The summed E-state index contributed by atoms with van der Waals surface area (Å²) in [5.41, 5.74) is 1.94. The molecule has 1 N–H and O–H groups in total. The zero-order chi connectivity index (χ0) is 13.9. The molecule has 1 aromatic rings. The minimum Gasteiger partial charge on any atom is -0.371 e. The highest BCUT2D eigenvalue weighted by atomic mass is 79.9. The maximum atomic E-state index is 9.00. The largest absolute Gasteiger partial charge is 0.371 e. The molecule has 0 spiro atoms. The van der Waals surface area contributed by atoms with E-state index in [0.29, 0.717) is 11.6 Å². The lowest BCUT2D eigenvalue weighted by Crippen LogP contribution is -2.43. The first kappa shape index (κ1) is 13.9. The van der Waals surface area contributed by atoms with Crippen molar-refractivity contribution >= 4 is 21.6 Å². The van der Waals surface area contributed by atoms with E-state index < -0.39 is 0 Å². The van der Waals surface area contributed by atoms with E-state index in [9.17, 15) is 0 Å². The zero-order valence-electron chi connectivity index (χ0n) is 11.6. The van der Waals surface area contributed by atoms with Gasteiger partial charge in [0.15, 0.2) is 0 Å². The number of hydrogen-bond acceptors (Lipinski definition) is 3. The summed E-state index contributed by atoms with van der Waals surface area (Å²) in [5.74, 6) is 0.765. The van der Waals surface area contributed by atoms with E-state index in [1.165, 1.54) is 37.9 Å². The van der Waals surface area contributed by atoms with Crippen molar-refractivity contribution in [1.29, 1.82) is 5.26 Å². The second-order valence-corrected chi connectivity index (χ2v) is 6.68. The standard InChI is InChI=1S/C16H20BrN3/c17-15-9-14(6-5-12(15)10-18)20-8-2-3-13(11-20)16-4-1-7-19-16/h5-6,9,13,16,19H,1-4,7-8,11H2. The Morgan fingerprint density at radius 2 is 2.20 bits per heavy atom. The predicted molar refractivity (Wildman–Crippen MR) is 84.8 cm³/mol. The number of halogens is 1. The van der Waals surface area contributed by atoms with E-state index in [1.54, 1.807) is 0 Å². The number of anilines is 1. The zero-order valence-corrected chi connectivity index (χ0v) is 13.2. The van der Waals surface area contributed by atoms with Crippen LogP contribution in [0, 0.1) is 17.2 Å². The van der Waals surface area contributed by atoms with E-state index >= 15 is 0 Å². The van der Waals surface area contributed by atoms with Crippen molar-refractivity contribution in [3.8, 4) is 6.07 Å². The summed E-state index contributed by atoms with van der Waals surface area (Å²) in [6.45, 7) is 3.45. The van der Waals surface area contributed by atoms with E-state index in [0.717, 1.165) is 23.5 Å². The second-order valence-electron chi connectivity index (χ2n) is 5.83. The van der Waals surface area contributed by atoms with Crippen LogP contribution in [-0.2, 0) is 0 Å². The Morgan fingerprint density at radius 3 is 2.90 bits per heavy atom. The molecule has 2 atom stereocenters. The molecule has 1 aromatic carbocycles. The molecular formula is C16H20BrN3. The lowest BCUT2D eigenvalue weighted by molar-refractivity contribution is 0.329. The SMILES string of the molecule is N#Cc1ccc(N2CCCC(C3CCCN3)C2)cc1Br. The highest BCUT2D eigenvalue weighted by Crippen LogP contribution is 2.30. The summed E-state index contributed by atoms with van der Waals surface area (Å²) in [6, 6.07) is 8.99. The first-order valence-electron chi connectivity index (χ1n) is 7.46. The first-order chi connectivity index (χ1) is 9.78. The number of piperidine rings is 1. The first-order valence-corrected chi connectivity index (χ1v) is 8.25. The van der Waals surface area contributed by atoms with Gasteiger partial charge in [0.25, 0.3) is 0 Å². The van der Waals surface area contributed by atoms with Gasteiger partial charge in [-0.05, 0) is 72.3 Å². The molecule has 106 valence electrons. The number of rotatable bonds is 2. The number of hydrogen-bond donors (Lipinski definition) is 1. The number of benzene rings is 1. The molecule has 2 aliphatic rings. The third-order valence-electron chi connectivity index (χ3n) is 4.56. The van der Waals surface area contributed by atoms with Crippen LogP contribution < -0.4 is 10.2 Å². The fourth-order valence-corrected chi connectivity index (χ4v) is 3.93. The van der Waals surface area contributed by atoms with Crippen LogP contribution in [0.4, 0.5) is 5.69 Å². The Morgan fingerprint density at radius 1 is 1.30 bits per heavy atom. The van der Waals surface area contributed by atoms with Gasteiger partial charge in [0, 0.05) is 29.3 Å². The lowest BCUT2D eigenvalue weighted by Gasteiger charge is -2.37. The maximum absolute atomic E-state index is 9.00. The fraction of sp³-hybridized carbons (Fsp3) is 0.562. The third-order valence-corrected chi connectivity index (χ3v) is 5.22. The van der Waals surface area contributed by atoms with Crippen molar-refractivity contribution in [2.24, 2.45) is 5.92 Å². The smallest absolute Gasteiger partial charge is 0.100 e. The van der Waals surface area contributed by atoms with Gasteiger partial charge in [-0.1, -0.05) is 0 Å². The molecule has 2 heterocycles. The number of nitriles is 1. The highest BCUT2D eigenvalue weighted by molar-refractivity contribution is 9.10. The molecule has 4 heteroatoms. The molecule has 2 aliphatic heterocycles. The average Bonchev–Trinajstić information content (AvgIpc) is 3.01. The average molecular weight is 334 g/mol. The van der Waals surface area contributed by atoms with Crippen LogP contribution in [-0.4, -0.2) is 25.7 Å². The van der Waals surface area contributed by atoms with E-state index in [2.05, 4.69) is 44.3 Å². The van der Waals surface area contributed by atoms with Crippen molar-refractivity contribution in [2.75, 3.05) is 24.5 Å². The summed E-state index contributed by atoms with van der Waals surface area (Å²) in [7, 11) is 0.